The molecule has 2 rings (SSSR count). The summed E-state index contributed by atoms with van der Waals surface area (Å²) in [6.45, 7) is 10.4. The van der Waals surface area contributed by atoms with Gasteiger partial charge in [0.05, 0.1) is 0 Å². The molecule has 0 amide bonds. The molecule has 1 aliphatic carbocycles. The molecule has 1 aromatic carbocycles. The van der Waals surface area contributed by atoms with Gasteiger partial charge in [-0.3, -0.25) is 0 Å². The summed E-state index contributed by atoms with van der Waals surface area (Å²) in [6.07, 6.45) is 2.76. The minimum absolute atomic E-state index is 0.628. The highest BCUT2D eigenvalue weighted by molar-refractivity contribution is 5.27. The summed E-state index contributed by atoms with van der Waals surface area (Å²) in [6, 6.07) is 10.0. The smallest absolute Gasteiger partial charge is 0.00683 e. The first-order valence-corrected chi connectivity index (χ1v) is 7.41. The van der Waals surface area contributed by atoms with E-state index in [4.69, 9.17) is 0 Å². The van der Waals surface area contributed by atoms with Crippen LogP contribution in [0.3, 0.4) is 0 Å². The van der Waals surface area contributed by atoms with Gasteiger partial charge in [0.25, 0.3) is 0 Å². The van der Waals surface area contributed by atoms with E-state index in [0.717, 1.165) is 12.6 Å². The molecule has 1 N–H and O–H groups in total. The van der Waals surface area contributed by atoms with Crippen LogP contribution in [0.25, 0.3) is 0 Å². The Labute approximate surface area is 112 Å². The minimum Gasteiger partial charge on any atom is -0.314 e. The van der Waals surface area contributed by atoms with E-state index >= 15 is 0 Å². The maximum absolute atomic E-state index is 3.64. The Hall–Kier alpha value is -0.820. The zero-order valence-corrected chi connectivity index (χ0v) is 12.2. The van der Waals surface area contributed by atoms with E-state index < -0.39 is 0 Å². The summed E-state index contributed by atoms with van der Waals surface area (Å²) < 4.78 is 0. The van der Waals surface area contributed by atoms with Gasteiger partial charge in [-0.25, -0.2) is 0 Å². The van der Waals surface area contributed by atoms with Crippen molar-refractivity contribution in [1.29, 1.82) is 0 Å². The van der Waals surface area contributed by atoms with Crippen molar-refractivity contribution in [3.05, 3.63) is 35.4 Å². The molecule has 0 heterocycles. The molecule has 1 aliphatic rings. The molecule has 0 saturated heterocycles. The lowest BCUT2D eigenvalue weighted by Gasteiger charge is -2.21. The predicted octanol–water partition coefficient (Wildman–Crippen LogP) is 4.30. The fourth-order valence-corrected chi connectivity index (χ4v) is 2.33. The third kappa shape index (κ3) is 3.58. The molecule has 0 radical (unpaired) electrons. The largest absolute Gasteiger partial charge is 0.314 e. The second-order valence-electron chi connectivity index (χ2n) is 6.27. The van der Waals surface area contributed by atoms with E-state index in [1.807, 2.05) is 0 Å². The van der Waals surface area contributed by atoms with Crippen molar-refractivity contribution in [2.75, 3.05) is 6.54 Å². The summed E-state index contributed by atoms with van der Waals surface area (Å²) in [5.74, 6) is 1.97. The Balaban J connectivity index is 1.91. The number of nitrogens with one attached hydrogen (secondary N) is 1. The first-order valence-electron chi connectivity index (χ1n) is 7.41. The van der Waals surface area contributed by atoms with E-state index in [-0.39, 0.29) is 0 Å². The monoisotopic (exact) mass is 245 g/mol. The molecule has 2 atom stereocenters. The zero-order valence-electron chi connectivity index (χ0n) is 12.2. The van der Waals surface area contributed by atoms with Crippen LogP contribution in [0.2, 0.25) is 0 Å². The second kappa shape index (κ2) is 5.88. The first kappa shape index (κ1) is 13.6. The van der Waals surface area contributed by atoms with E-state index in [2.05, 4.69) is 57.3 Å². The molecule has 2 unspecified atom stereocenters. The molecule has 18 heavy (non-hydrogen) atoms. The van der Waals surface area contributed by atoms with E-state index in [0.29, 0.717) is 17.8 Å². The number of hydrogen-bond acceptors (Lipinski definition) is 1. The summed E-state index contributed by atoms with van der Waals surface area (Å²) in [5, 5.41) is 3.64. The van der Waals surface area contributed by atoms with E-state index in [1.54, 1.807) is 0 Å². The third-order valence-electron chi connectivity index (χ3n) is 4.29. The first-order chi connectivity index (χ1) is 8.58. The Kier molecular flexibility index (Phi) is 4.45. The average Bonchev–Trinajstić information content (AvgIpc) is 3.19. The Bertz CT molecular complexity index is 362. The molecule has 0 spiro atoms. The highest BCUT2D eigenvalue weighted by Gasteiger charge is 2.22. The van der Waals surface area contributed by atoms with Gasteiger partial charge in [0, 0.05) is 6.04 Å². The standard InChI is InChI=1S/C17H27N/c1-12(2)15-5-7-16(8-6-15)14(4)13(3)11-18-17-9-10-17/h5-8,12-14,17-18H,9-11H2,1-4H3. The SMILES string of the molecule is CC(C)c1ccc(C(C)C(C)CNC2CC2)cc1. The van der Waals surface area contributed by atoms with Crippen molar-refractivity contribution in [2.24, 2.45) is 5.92 Å². The summed E-state index contributed by atoms with van der Waals surface area (Å²) in [7, 11) is 0. The van der Waals surface area contributed by atoms with Crippen molar-refractivity contribution < 1.29 is 0 Å². The van der Waals surface area contributed by atoms with Crippen LogP contribution < -0.4 is 5.32 Å². The molecule has 1 fully saturated rings. The highest BCUT2D eigenvalue weighted by atomic mass is 14.9. The number of benzene rings is 1. The van der Waals surface area contributed by atoms with Gasteiger partial charge in [0.2, 0.25) is 0 Å². The van der Waals surface area contributed by atoms with Gasteiger partial charge in [0.1, 0.15) is 0 Å². The molecule has 1 aromatic rings. The van der Waals surface area contributed by atoms with Crippen LogP contribution in [-0.4, -0.2) is 12.6 Å². The maximum Gasteiger partial charge on any atom is 0.00683 e. The lowest BCUT2D eigenvalue weighted by atomic mass is 9.87. The third-order valence-corrected chi connectivity index (χ3v) is 4.29. The van der Waals surface area contributed by atoms with Gasteiger partial charge >= 0.3 is 0 Å². The summed E-state index contributed by atoms with van der Waals surface area (Å²) >= 11 is 0. The van der Waals surface area contributed by atoms with E-state index in [1.165, 1.54) is 24.0 Å². The van der Waals surface area contributed by atoms with Crippen molar-refractivity contribution in [1.82, 2.24) is 5.32 Å². The van der Waals surface area contributed by atoms with Gasteiger partial charge in [-0.05, 0) is 48.3 Å². The number of rotatable bonds is 6. The second-order valence-corrected chi connectivity index (χ2v) is 6.27. The normalized spacial score (nSPS) is 18.9. The molecule has 1 saturated carbocycles. The summed E-state index contributed by atoms with van der Waals surface area (Å²) in [4.78, 5) is 0. The Morgan fingerprint density at radius 3 is 2.06 bits per heavy atom. The van der Waals surface area contributed by atoms with Gasteiger partial charge < -0.3 is 5.32 Å². The van der Waals surface area contributed by atoms with Crippen LogP contribution in [0.1, 0.15) is 63.5 Å². The van der Waals surface area contributed by atoms with Crippen molar-refractivity contribution in [3.8, 4) is 0 Å². The molecule has 0 bridgehead atoms. The summed E-state index contributed by atoms with van der Waals surface area (Å²) in [5.41, 5.74) is 2.92. The lowest BCUT2D eigenvalue weighted by molar-refractivity contribution is 0.446. The van der Waals surface area contributed by atoms with Gasteiger partial charge in [-0.1, -0.05) is 52.0 Å². The van der Waals surface area contributed by atoms with Crippen molar-refractivity contribution >= 4 is 0 Å². The zero-order chi connectivity index (χ0) is 13.1. The van der Waals surface area contributed by atoms with Crippen LogP contribution >= 0.6 is 0 Å². The quantitative estimate of drug-likeness (QED) is 0.788. The van der Waals surface area contributed by atoms with Crippen LogP contribution in [0.4, 0.5) is 0 Å². The predicted molar refractivity (Wildman–Crippen MR) is 79.1 cm³/mol. The molecular formula is C17H27N. The highest BCUT2D eigenvalue weighted by Crippen LogP contribution is 2.26. The average molecular weight is 245 g/mol. The van der Waals surface area contributed by atoms with Crippen LogP contribution in [0.5, 0.6) is 0 Å². The topological polar surface area (TPSA) is 12.0 Å². The molecule has 1 heteroatoms. The maximum atomic E-state index is 3.64. The van der Waals surface area contributed by atoms with Crippen LogP contribution in [-0.2, 0) is 0 Å². The lowest BCUT2D eigenvalue weighted by Crippen LogP contribution is -2.26. The Morgan fingerprint density at radius 2 is 1.56 bits per heavy atom. The number of hydrogen-bond donors (Lipinski definition) is 1. The van der Waals surface area contributed by atoms with Gasteiger partial charge in [-0.2, -0.15) is 0 Å². The van der Waals surface area contributed by atoms with Gasteiger partial charge in [-0.15, -0.1) is 0 Å². The molecular weight excluding hydrogens is 218 g/mol. The van der Waals surface area contributed by atoms with Crippen LogP contribution in [0, 0.1) is 5.92 Å². The minimum atomic E-state index is 0.628. The van der Waals surface area contributed by atoms with Crippen LogP contribution in [0.15, 0.2) is 24.3 Å². The van der Waals surface area contributed by atoms with E-state index in [9.17, 15) is 0 Å². The molecule has 0 aromatic heterocycles. The molecule has 100 valence electrons. The molecule has 0 aliphatic heterocycles. The Morgan fingerprint density at radius 1 is 1.00 bits per heavy atom. The fraction of sp³-hybridized carbons (Fsp3) is 0.647. The van der Waals surface area contributed by atoms with Crippen molar-refractivity contribution in [2.45, 2.75) is 58.4 Å². The fourth-order valence-electron chi connectivity index (χ4n) is 2.33. The van der Waals surface area contributed by atoms with Crippen molar-refractivity contribution in [3.63, 3.8) is 0 Å². The molecule has 1 nitrogen and oxygen atoms in total. The van der Waals surface area contributed by atoms with Gasteiger partial charge in [0.15, 0.2) is 0 Å².